The number of hydrogen-bond donors (Lipinski definition) is 2. The highest BCUT2D eigenvalue weighted by atomic mass is 19.1. The van der Waals surface area contributed by atoms with Crippen LogP contribution in [0.25, 0.3) is 0 Å². The summed E-state index contributed by atoms with van der Waals surface area (Å²) in [5.74, 6) is -1.89. The van der Waals surface area contributed by atoms with Crippen LogP contribution in [0, 0.1) is 18.6 Å². The summed E-state index contributed by atoms with van der Waals surface area (Å²) in [5.41, 5.74) is 1.87. The number of aryl methyl sites for hydroxylation is 1. The Kier molecular flexibility index (Phi) is 4.52. The van der Waals surface area contributed by atoms with Crippen LogP contribution in [0.1, 0.15) is 12.5 Å². The summed E-state index contributed by atoms with van der Waals surface area (Å²) in [6, 6.07) is 10.0. The lowest BCUT2D eigenvalue weighted by molar-refractivity contribution is -0.116. The van der Waals surface area contributed by atoms with Gasteiger partial charge in [0.15, 0.2) is 0 Å². The Balaban J connectivity index is 2.00. The van der Waals surface area contributed by atoms with E-state index < -0.39 is 23.6 Å². The van der Waals surface area contributed by atoms with Gasteiger partial charge < -0.3 is 10.6 Å². The van der Waals surface area contributed by atoms with E-state index in [1.807, 2.05) is 31.2 Å². The summed E-state index contributed by atoms with van der Waals surface area (Å²) < 4.78 is 26.3. The fourth-order valence-corrected chi connectivity index (χ4v) is 1.80. The van der Waals surface area contributed by atoms with Gasteiger partial charge in [-0.1, -0.05) is 17.7 Å². The molecule has 1 atom stereocenters. The highest BCUT2D eigenvalue weighted by Crippen LogP contribution is 2.16. The molecule has 2 N–H and O–H groups in total. The van der Waals surface area contributed by atoms with Gasteiger partial charge in [0.25, 0.3) is 0 Å². The van der Waals surface area contributed by atoms with Crippen LogP contribution in [0.4, 0.5) is 20.2 Å². The van der Waals surface area contributed by atoms with E-state index in [4.69, 9.17) is 0 Å². The molecule has 0 aliphatic carbocycles. The normalized spacial score (nSPS) is 11.8. The fourth-order valence-electron chi connectivity index (χ4n) is 1.80. The van der Waals surface area contributed by atoms with E-state index in [1.165, 1.54) is 6.07 Å². The van der Waals surface area contributed by atoms with Gasteiger partial charge in [-0.2, -0.15) is 0 Å². The molecule has 110 valence electrons. The van der Waals surface area contributed by atoms with Gasteiger partial charge >= 0.3 is 0 Å². The Labute approximate surface area is 122 Å². The molecular weight excluding hydrogens is 274 g/mol. The molecule has 2 aromatic rings. The number of amides is 1. The molecule has 2 aromatic carbocycles. The molecule has 1 amide bonds. The molecule has 1 unspecified atom stereocenters. The number of hydrogen-bond acceptors (Lipinski definition) is 2. The second kappa shape index (κ2) is 6.35. The number of rotatable bonds is 4. The van der Waals surface area contributed by atoms with Crippen molar-refractivity contribution in [2.24, 2.45) is 0 Å². The smallest absolute Gasteiger partial charge is 0.246 e. The van der Waals surface area contributed by atoms with Crippen molar-refractivity contribution >= 4 is 17.3 Å². The average Bonchev–Trinajstić information content (AvgIpc) is 2.44. The van der Waals surface area contributed by atoms with Gasteiger partial charge in [-0.15, -0.1) is 0 Å². The van der Waals surface area contributed by atoms with E-state index in [2.05, 4.69) is 10.6 Å². The Hall–Kier alpha value is -2.43. The minimum atomic E-state index is -0.800. The third-order valence-electron chi connectivity index (χ3n) is 3.02. The number of anilines is 2. The molecule has 0 aliphatic heterocycles. The highest BCUT2D eigenvalue weighted by molar-refractivity contribution is 5.96. The number of nitrogens with one attached hydrogen (secondary N) is 2. The molecule has 0 saturated carbocycles. The van der Waals surface area contributed by atoms with Gasteiger partial charge in [-0.3, -0.25) is 4.79 Å². The standard InChI is InChI=1S/C16H16F2N2O/c1-10-3-6-13(7-4-10)19-11(2)16(21)20-15-8-5-12(17)9-14(15)18/h3-9,11,19H,1-2H3,(H,20,21). The third kappa shape index (κ3) is 4.02. The van der Waals surface area contributed by atoms with Crippen LogP contribution in [0.15, 0.2) is 42.5 Å². The topological polar surface area (TPSA) is 41.1 Å². The van der Waals surface area contributed by atoms with Crippen molar-refractivity contribution in [3.63, 3.8) is 0 Å². The highest BCUT2D eigenvalue weighted by Gasteiger charge is 2.14. The molecule has 0 heterocycles. The number of halogens is 2. The first kappa shape index (κ1) is 15.0. The van der Waals surface area contributed by atoms with Crippen molar-refractivity contribution in [3.05, 3.63) is 59.7 Å². The number of benzene rings is 2. The first-order valence-corrected chi connectivity index (χ1v) is 6.55. The maximum absolute atomic E-state index is 13.5. The van der Waals surface area contributed by atoms with E-state index in [1.54, 1.807) is 6.92 Å². The SMILES string of the molecule is Cc1ccc(NC(C)C(=O)Nc2ccc(F)cc2F)cc1. The molecular formula is C16H16F2N2O. The number of carbonyl (C=O) groups is 1. The lowest BCUT2D eigenvalue weighted by Crippen LogP contribution is -2.32. The minimum absolute atomic E-state index is 0.0426. The molecule has 0 bridgehead atoms. The maximum atomic E-state index is 13.5. The molecule has 0 radical (unpaired) electrons. The second-order valence-corrected chi connectivity index (χ2v) is 4.85. The number of carbonyl (C=O) groups excluding carboxylic acids is 1. The zero-order chi connectivity index (χ0) is 15.4. The summed E-state index contributed by atoms with van der Waals surface area (Å²) in [7, 11) is 0. The molecule has 0 aromatic heterocycles. The Bertz CT molecular complexity index is 641. The molecule has 0 saturated heterocycles. The molecule has 2 rings (SSSR count). The van der Waals surface area contributed by atoms with E-state index >= 15 is 0 Å². The molecule has 5 heteroatoms. The zero-order valence-electron chi connectivity index (χ0n) is 11.8. The van der Waals surface area contributed by atoms with Crippen molar-refractivity contribution in [3.8, 4) is 0 Å². The van der Waals surface area contributed by atoms with Crippen molar-refractivity contribution in [1.29, 1.82) is 0 Å². The summed E-state index contributed by atoms with van der Waals surface area (Å²) in [6.45, 7) is 3.63. The van der Waals surface area contributed by atoms with Crippen molar-refractivity contribution < 1.29 is 13.6 Å². The fraction of sp³-hybridized carbons (Fsp3) is 0.188. The summed E-state index contributed by atoms with van der Waals surface area (Å²) in [5, 5.41) is 5.44. The van der Waals surface area contributed by atoms with Crippen LogP contribution in [-0.2, 0) is 4.79 Å². The van der Waals surface area contributed by atoms with E-state index in [0.29, 0.717) is 0 Å². The van der Waals surface area contributed by atoms with Crippen LogP contribution in [-0.4, -0.2) is 11.9 Å². The third-order valence-corrected chi connectivity index (χ3v) is 3.02. The van der Waals surface area contributed by atoms with Crippen LogP contribution in [0.2, 0.25) is 0 Å². The van der Waals surface area contributed by atoms with Crippen LogP contribution >= 0.6 is 0 Å². The Morgan fingerprint density at radius 1 is 1.10 bits per heavy atom. The lowest BCUT2D eigenvalue weighted by Gasteiger charge is -2.15. The van der Waals surface area contributed by atoms with Gasteiger partial charge in [-0.05, 0) is 38.1 Å². The first-order valence-electron chi connectivity index (χ1n) is 6.55. The summed E-state index contributed by atoms with van der Waals surface area (Å²) in [6.07, 6.45) is 0. The lowest BCUT2D eigenvalue weighted by atomic mass is 10.2. The van der Waals surface area contributed by atoms with Gasteiger partial charge in [0.05, 0.1) is 5.69 Å². The summed E-state index contributed by atoms with van der Waals surface area (Å²) >= 11 is 0. The van der Waals surface area contributed by atoms with E-state index in [0.717, 1.165) is 23.4 Å². The maximum Gasteiger partial charge on any atom is 0.246 e. The molecule has 0 aliphatic rings. The largest absolute Gasteiger partial charge is 0.374 e. The van der Waals surface area contributed by atoms with E-state index in [9.17, 15) is 13.6 Å². The van der Waals surface area contributed by atoms with Gasteiger partial charge in [0.1, 0.15) is 17.7 Å². The Morgan fingerprint density at radius 2 is 1.76 bits per heavy atom. The molecule has 21 heavy (non-hydrogen) atoms. The van der Waals surface area contributed by atoms with Gasteiger partial charge in [0, 0.05) is 11.8 Å². The molecule has 0 spiro atoms. The molecule has 3 nitrogen and oxygen atoms in total. The van der Waals surface area contributed by atoms with Crippen molar-refractivity contribution in [2.75, 3.05) is 10.6 Å². The predicted molar refractivity (Wildman–Crippen MR) is 79.3 cm³/mol. The van der Waals surface area contributed by atoms with Crippen LogP contribution in [0.3, 0.4) is 0 Å². The average molecular weight is 290 g/mol. The summed E-state index contributed by atoms with van der Waals surface area (Å²) in [4.78, 5) is 12.0. The Morgan fingerprint density at radius 3 is 2.38 bits per heavy atom. The zero-order valence-corrected chi connectivity index (χ0v) is 11.8. The monoisotopic (exact) mass is 290 g/mol. The van der Waals surface area contributed by atoms with Crippen molar-refractivity contribution in [1.82, 2.24) is 0 Å². The van der Waals surface area contributed by atoms with Crippen LogP contribution in [0.5, 0.6) is 0 Å². The first-order chi connectivity index (χ1) is 9.95. The quantitative estimate of drug-likeness (QED) is 0.901. The predicted octanol–water partition coefficient (Wildman–Crippen LogP) is 3.71. The van der Waals surface area contributed by atoms with Gasteiger partial charge in [-0.25, -0.2) is 8.78 Å². The molecule has 0 fully saturated rings. The second-order valence-electron chi connectivity index (χ2n) is 4.85. The van der Waals surface area contributed by atoms with Crippen LogP contribution < -0.4 is 10.6 Å². The van der Waals surface area contributed by atoms with Gasteiger partial charge in [0.2, 0.25) is 5.91 Å². The minimum Gasteiger partial charge on any atom is -0.374 e. The van der Waals surface area contributed by atoms with E-state index in [-0.39, 0.29) is 5.69 Å². The van der Waals surface area contributed by atoms with Crippen molar-refractivity contribution in [2.45, 2.75) is 19.9 Å².